The van der Waals surface area contributed by atoms with Crippen LogP contribution in [0.25, 0.3) is 0 Å². The van der Waals surface area contributed by atoms with Crippen molar-refractivity contribution < 1.29 is 14.7 Å². The van der Waals surface area contributed by atoms with Gasteiger partial charge < -0.3 is 10.0 Å². The van der Waals surface area contributed by atoms with Crippen LogP contribution in [-0.2, 0) is 16.0 Å². The molecule has 2 rings (SSSR count). The van der Waals surface area contributed by atoms with E-state index in [0.717, 1.165) is 42.5 Å². The molecule has 1 heterocycles. The maximum atomic E-state index is 12.7. The SMILES string of the molecule is Cc1ccc(C)c(CC(=O)N2CCCC[C@@H]2CCC(=O)O)c1. The maximum Gasteiger partial charge on any atom is 0.303 e. The topological polar surface area (TPSA) is 57.6 Å². The number of hydrogen-bond acceptors (Lipinski definition) is 2. The van der Waals surface area contributed by atoms with Crippen LogP contribution in [0.15, 0.2) is 18.2 Å². The fraction of sp³-hybridized carbons (Fsp3) is 0.556. The monoisotopic (exact) mass is 303 g/mol. The largest absolute Gasteiger partial charge is 0.481 e. The lowest BCUT2D eigenvalue weighted by Gasteiger charge is -2.36. The number of carboxylic acids is 1. The van der Waals surface area contributed by atoms with Gasteiger partial charge in [-0.25, -0.2) is 0 Å². The van der Waals surface area contributed by atoms with Gasteiger partial charge in [-0.2, -0.15) is 0 Å². The van der Waals surface area contributed by atoms with Crippen molar-refractivity contribution in [2.75, 3.05) is 6.54 Å². The van der Waals surface area contributed by atoms with Gasteiger partial charge in [0.15, 0.2) is 0 Å². The minimum atomic E-state index is -0.785. The zero-order chi connectivity index (χ0) is 16.1. The molecule has 1 aromatic carbocycles. The summed E-state index contributed by atoms with van der Waals surface area (Å²) in [6.45, 7) is 4.82. The van der Waals surface area contributed by atoms with Crippen LogP contribution < -0.4 is 0 Å². The number of amides is 1. The summed E-state index contributed by atoms with van der Waals surface area (Å²) in [5.74, 6) is -0.656. The Hall–Kier alpha value is -1.84. The van der Waals surface area contributed by atoms with E-state index in [1.807, 2.05) is 18.7 Å². The summed E-state index contributed by atoms with van der Waals surface area (Å²) >= 11 is 0. The molecule has 4 nitrogen and oxygen atoms in total. The Morgan fingerprint density at radius 3 is 2.77 bits per heavy atom. The highest BCUT2D eigenvalue weighted by atomic mass is 16.4. The van der Waals surface area contributed by atoms with Gasteiger partial charge in [-0.05, 0) is 50.7 Å². The Balaban J connectivity index is 2.05. The van der Waals surface area contributed by atoms with E-state index in [1.165, 1.54) is 0 Å². The number of rotatable bonds is 5. The number of hydrogen-bond donors (Lipinski definition) is 1. The fourth-order valence-electron chi connectivity index (χ4n) is 3.17. The molecule has 1 aromatic rings. The molecule has 4 heteroatoms. The molecule has 1 fully saturated rings. The lowest BCUT2D eigenvalue weighted by molar-refractivity contribution is -0.139. The molecule has 1 N–H and O–H groups in total. The molecule has 1 atom stereocenters. The van der Waals surface area contributed by atoms with Crippen molar-refractivity contribution in [2.24, 2.45) is 0 Å². The minimum absolute atomic E-state index is 0.0856. The number of benzene rings is 1. The zero-order valence-corrected chi connectivity index (χ0v) is 13.5. The van der Waals surface area contributed by atoms with Crippen molar-refractivity contribution in [3.8, 4) is 0 Å². The molecular weight excluding hydrogens is 278 g/mol. The summed E-state index contributed by atoms with van der Waals surface area (Å²) in [5, 5.41) is 8.87. The van der Waals surface area contributed by atoms with Crippen LogP contribution in [0.4, 0.5) is 0 Å². The summed E-state index contributed by atoms with van der Waals surface area (Å²) in [6.07, 6.45) is 4.13. The van der Waals surface area contributed by atoms with Crippen molar-refractivity contribution in [2.45, 2.75) is 58.4 Å². The number of likely N-dealkylation sites (tertiary alicyclic amines) is 1. The Labute approximate surface area is 132 Å². The third-order valence-electron chi connectivity index (χ3n) is 4.49. The fourth-order valence-corrected chi connectivity index (χ4v) is 3.17. The van der Waals surface area contributed by atoms with Gasteiger partial charge in [0.1, 0.15) is 0 Å². The van der Waals surface area contributed by atoms with Gasteiger partial charge in [-0.1, -0.05) is 23.8 Å². The standard InChI is InChI=1S/C18H25NO3/c1-13-6-7-14(2)15(11-13)12-17(20)19-10-4-3-5-16(19)8-9-18(21)22/h6-7,11,16H,3-5,8-10,12H2,1-2H3,(H,21,22)/t16-/m1/s1. The van der Waals surface area contributed by atoms with E-state index < -0.39 is 5.97 Å². The van der Waals surface area contributed by atoms with Crippen LogP contribution in [0, 0.1) is 13.8 Å². The van der Waals surface area contributed by atoms with Crippen LogP contribution in [0.5, 0.6) is 0 Å². The second-order valence-electron chi connectivity index (χ2n) is 6.28. The first kappa shape index (κ1) is 16.5. The number of piperidine rings is 1. The first-order chi connectivity index (χ1) is 10.5. The highest BCUT2D eigenvalue weighted by Crippen LogP contribution is 2.22. The molecule has 0 spiro atoms. The molecular formula is C18H25NO3. The van der Waals surface area contributed by atoms with Crippen molar-refractivity contribution in [1.29, 1.82) is 0 Å². The molecule has 1 saturated heterocycles. The molecule has 0 aromatic heterocycles. The molecule has 0 radical (unpaired) electrons. The summed E-state index contributed by atoms with van der Waals surface area (Å²) in [6, 6.07) is 6.27. The third kappa shape index (κ3) is 4.33. The zero-order valence-electron chi connectivity index (χ0n) is 13.5. The van der Waals surface area contributed by atoms with E-state index in [2.05, 4.69) is 18.2 Å². The number of carboxylic acid groups (broad SMARTS) is 1. The lowest BCUT2D eigenvalue weighted by Crippen LogP contribution is -2.44. The lowest BCUT2D eigenvalue weighted by atomic mass is 9.96. The highest BCUT2D eigenvalue weighted by Gasteiger charge is 2.27. The van der Waals surface area contributed by atoms with Gasteiger partial charge >= 0.3 is 5.97 Å². The van der Waals surface area contributed by atoms with Crippen LogP contribution in [0.3, 0.4) is 0 Å². The third-order valence-corrected chi connectivity index (χ3v) is 4.49. The average molecular weight is 303 g/mol. The highest BCUT2D eigenvalue weighted by molar-refractivity contribution is 5.79. The molecule has 0 bridgehead atoms. The summed E-state index contributed by atoms with van der Waals surface area (Å²) in [7, 11) is 0. The van der Waals surface area contributed by atoms with Crippen LogP contribution in [0.2, 0.25) is 0 Å². The predicted molar refractivity (Wildman–Crippen MR) is 85.8 cm³/mol. The first-order valence-electron chi connectivity index (χ1n) is 8.05. The Morgan fingerprint density at radius 1 is 1.27 bits per heavy atom. The Bertz CT molecular complexity index is 553. The van der Waals surface area contributed by atoms with Crippen LogP contribution in [0.1, 0.15) is 48.8 Å². The Kier molecular flexibility index (Phi) is 5.58. The van der Waals surface area contributed by atoms with Crippen molar-refractivity contribution >= 4 is 11.9 Å². The predicted octanol–water partition coefficient (Wildman–Crippen LogP) is 3.09. The molecule has 0 saturated carbocycles. The molecule has 1 amide bonds. The number of carbonyl (C=O) groups excluding carboxylic acids is 1. The normalized spacial score (nSPS) is 18.3. The number of nitrogens with zero attached hydrogens (tertiary/aromatic N) is 1. The van der Waals surface area contributed by atoms with Crippen molar-refractivity contribution in [3.63, 3.8) is 0 Å². The van der Waals surface area contributed by atoms with Crippen LogP contribution in [-0.4, -0.2) is 34.5 Å². The van der Waals surface area contributed by atoms with E-state index in [9.17, 15) is 9.59 Å². The van der Waals surface area contributed by atoms with Crippen molar-refractivity contribution in [3.05, 3.63) is 34.9 Å². The minimum Gasteiger partial charge on any atom is -0.481 e. The van der Waals surface area contributed by atoms with E-state index >= 15 is 0 Å². The van der Waals surface area contributed by atoms with Gasteiger partial charge in [0.2, 0.25) is 5.91 Å². The average Bonchev–Trinajstić information content (AvgIpc) is 2.49. The van der Waals surface area contributed by atoms with E-state index in [1.54, 1.807) is 0 Å². The quantitative estimate of drug-likeness (QED) is 0.909. The molecule has 0 unspecified atom stereocenters. The van der Waals surface area contributed by atoms with Crippen LogP contribution >= 0.6 is 0 Å². The first-order valence-corrected chi connectivity index (χ1v) is 8.05. The van der Waals surface area contributed by atoms with Gasteiger partial charge in [0.25, 0.3) is 0 Å². The second kappa shape index (κ2) is 7.43. The smallest absolute Gasteiger partial charge is 0.303 e. The summed E-state index contributed by atoms with van der Waals surface area (Å²) in [5.41, 5.74) is 3.38. The molecule has 1 aliphatic rings. The molecule has 0 aliphatic carbocycles. The Morgan fingerprint density at radius 2 is 2.05 bits per heavy atom. The molecule has 1 aliphatic heterocycles. The molecule has 22 heavy (non-hydrogen) atoms. The van der Waals surface area contributed by atoms with E-state index in [4.69, 9.17) is 5.11 Å². The van der Waals surface area contributed by atoms with E-state index in [0.29, 0.717) is 12.8 Å². The van der Waals surface area contributed by atoms with Crippen molar-refractivity contribution in [1.82, 2.24) is 4.90 Å². The second-order valence-corrected chi connectivity index (χ2v) is 6.28. The number of aryl methyl sites for hydroxylation is 2. The van der Waals surface area contributed by atoms with Gasteiger partial charge in [0.05, 0.1) is 6.42 Å². The number of carbonyl (C=O) groups is 2. The molecule has 120 valence electrons. The van der Waals surface area contributed by atoms with Gasteiger partial charge in [0, 0.05) is 19.0 Å². The number of aliphatic carboxylic acids is 1. The van der Waals surface area contributed by atoms with Gasteiger partial charge in [-0.15, -0.1) is 0 Å². The van der Waals surface area contributed by atoms with E-state index in [-0.39, 0.29) is 18.4 Å². The van der Waals surface area contributed by atoms with Gasteiger partial charge in [-0.3, -0.25) is 9.59 Å². The summed E-state index contributed by atoms with van der Waals surface area (Å²) < 4.78 is 0. The maximum absolute atomic E-state index is 12.7. The summed E-state index contributed by atoms with van der Waals surface area (Å²) in [4.78, 5) is 25.4.